The molecule has 1 amide bonds. The SMILES string of the molecule is Cc1ccccc1C1(O)CCN([C@H](C)C(=O)Nc2nccs2)CC1. The highest BCUT2D eigenvalue weighted by molar-refractivity contribution is 7.13. The van der Waals surface area contributed by atoms with Gasteiger partial charge >= 0.3 is 0 Å². The summed E-state index contributed by atoms with van der Waals surface area (Å²) in [6.45, 7) is 5.32. The first kappa shape index (κ1) is 17.1. The van der Waals surface area contributed by atoms with Crippen LogP contribution in [-0.2, 0) is 10.4 Å². The molecule has 1 aliphatic heterocycles. The number of amides is 1. The summed E-state index contributed by atoms with van der Waals surface area (Å²) >= 11 is 1.41. The van der Waals surface area contributed by atoms with Crippen molar-refractivity contribution in [2.45, 2.75) is 38.3 Å². The van der Waals surface area contributed by atoms with Crippen LogP contribution in [-0.4, -0.2) is 40.0 Å². The molecule has 3 rings (SSSR count). The van der Waals surface area contributed by atoms with E-state index >= 15 is 0 Å². The van der Waals surface area contributed by atoms with Gasteiger partial charge in [0.25, 0.3) is 0 Å². The normalized spacial score (nSPS) is 19.0. The number of hydrogen-bond donors (Lipinski definition) is 2. The summed E-state index contributed by atoms with van der Waals surface area (Å²) < 4.78 is 0. The molecular weight excluding hydrogens is 322 g/mol. The smallest absolute Gasteiger partial charge is 0.243 e. The van der Waals surface area contributed by atoms with E-state index in [-0.39, 0.29) is 11.9 Å². The minimum atomic E-state index is -0.798. The number of rotatable bonds is 4. The number of aryl methyl sites for hydroxylation is 1. The summed E-state index contributed by atoms with van der Waals surface area (Å²) in [6, 6.07) is 7.75. The van der Waals surface area contributed by atoms with E-state index in [1.54, 1.807) is 6.20 Å². The van der Waals surface area contributed by atoms with Gasteiger partial charge in [0.15, 0.2) is 5.13 Å². The fourth-order valence-corrected chi connectivity index (χ4v) is 3.84. The maximum Gasteiger partial charge on any atom is 0.243 e. The van der Waals surface area contributed by atoms with Gasteiger partial charge in [-0.1, -0.05) is 24.3 Å². The van der Waals surface area contributed by atoms with E-state index in [1.165, 1.54) is 11.3 Å². The molecule has 0 bridgehead atoms. The van der Waals surface area contributed by atoms with Crippen molar-refractivity contribution in [3.63, 3.8) is 0 Å². The van der Waals surface area contributed by atoms with Crippen molar-refractivity contribution in [1.82, 2.24) is 9.88 Å². The van der Waals surface area contributed by atoms with Gasteiger partial charge in [-0.2, -0.15) is 0 Å². The molecule has 0 saturated carbocycles. The summed E-state index contributed by atoms with van der Waals surface area (Å²) in [5.41, 5.74) is 1.32. The first-order valence-electron chi connectivity index (χ1n) is 8.22. The van der Waals surface area contributed by atoms with Crippen molar-refractivity contribution in [2.24, 2.45) is 0 Å². The maximum atomic E-state index is 12.3. The Morgan fingerprint density at radius 3 is 2.71 bits per heavy atom. The standard InChI is InChI=1S/C18H23N3O2S/c1-13-5-3-4-6-15(13)18(23)7-10-21(11-8-18)14(2)16(22)20-17-19-9-12-24-17/h3-6,9,12,14,23H,7-8,10-11H2,1-2H3,(H,19,20,22)/t14-/m1/s1. The Balaban J connectivity index is 1.62. The molecular formula is C18H23N3O2S. The predicted molar refractivity (Wildman–Crippen MR) is 96.1 cm³/mol. The fraction of sp³-hybridized carbons (Fsp3) is 0.444. The number of thiazole rings is 1. The van der Waals surface area contributed by atoms with E-state index in [9.17, 15) is 9.90 Å². The van der Waals surface area contributed by atoms with E-state index in [0.717, 1.165) is 11.1 Å². The van der Waals surface area contributed by atoms with Crippen LogP contribution < -0.4 is 5.32 Å². The molecule has 6 heteroatoms. The Morgan fingerprint density at radius 2 is 2.08 bits per heavy atom. The Labute approximate surface area is 146 Å². The van der Waals surface area contributed by atoms with Gasteiger partial charge in [0.1, 0.15) is 0 Å². The number of anilines is 1. The Hall–Kier alpha value is -1.76. The molecule has 0 radical (unpaired) electrons. The monoisotopic (exact) mass is 345 g/mol. The summed E-state index contributed by atoms with van der Waals surface area (Å²) in [7, 11) is 0. The van der Waals surface area contributed by atoms with Gasteiger partial charge in [0.2, 0.25) is 5.91 Å². The molecule has 1 atom stereocenters. The molecule has 1 aliphatic rings. The van der Waals surface area contributed by atoms with Crippen LogP contribution in [0.2, 0.25) is 0 Å². The predicted octanol–water partition coefficient (Wildman–Crippen LogP) is 2.76. The van der Waals surface area contributed by atoms with Crippen molar-refractivity contribution in [3.8, 4) is 0 Å². The van der Waals surface area contributed by atoms with Crippen LogP contribution in [0.15, 0.2) is 35.8 Å². The quantitative estimate of drug-likeness (QED) is 0.894. The van der Waals surface area contributed by atoms with E-state index in [0.29, 0.717) is 31.1 Å². The first-order valence-corrected chi connectivity index (χ1v) is 9.10. The van der Waals surface area contributed by atoms with Crippen molar-refractivity contribution >= 4 is 22.4 Å². The lowest BCUT2D eigenvalue weighted by molar-refractivity contribution is -0.123. The number of nitrogens with one attached hydrogen (secondary N) is 1. The zero-order valence-corrected chi connectivity index (χ0v) is 14.8. The van der Waals surface area contributed by atoms with Gasteiger partial charge in [-0.3, -0.25) is 9.69 Å². The van der Waals surface area contributed by atoms with Gasteiger partial charge in [-0.05, 0) is 37.8 Å². The average Bonchev–Trinajstić information content (AvgIpc) is 3.08. The topological polar surface area (TPSA) is 65.5 Å². The van der Waals surface area contributed by atoms with Gasteiger partial charge in [-0.15, -0.1) is 11.3 Å². The zero-order chi connectivity index (χ0) is 17.2. The molecule has 1 fully saturated rings. The second-order valence-corrected chi connectivity index (χ2v) is 7.28. The molecule has 5 nitrogen and oxygen atoms in total. The van der Waals surface area contributed by atoms with Crippen molar-refractivity contribution < 1.29 is 9.90 Å². The molecule has 0 unspecified atom stereocenters. The van der Waals surface area contributed by atoms with Crippen LogP contribution in [0.1, 0.15) is 30.9 Å². The maximum absolute atomic E-state index is 12.3. The summed E-state index contributed by atoms with van der Waals surface area (Å²) in [4.78, 5) is 18.6. The Bertz CT molecular complexity index is 694. The lowest BCUT2D eigenvalue weighted by Crippen LogP contribution is -2.50. The number of hydrogen-bond acceptors (Lipinski definition) is 5. The summed E-state index contributed by atoms with van der Waals surface area (Å²) in [5, 5.41) is 16.3. The minimum absolute atomic E-state index is 0.0497. The van der Waals surface area contributed by atoms with E-state index in [1.807, 2.05) is 43.5 Å². The van der Waals surface area contributed by atoms with Crippen LogP contribution in [0.3, 0.4) is 0 Å². The first-order chi connectivity index (χ1) is 11.5. The molecule has 24 heavy (non-hydrogen) atoms. The second-order valence-electron chi connectivity index (χ2n) is 6.38. The van der Waals surface area contributed by atoms with Gasteiger partial charge in [0.05, 0.1) is 11.6 Å². The van der Waals surface area contributed by atoms with Crippen LogP contribution in [0.25, 0.3) is 0 Å². The summed E-state index contributed by atoms with van der Waals surface area (Å²) in [5.74, 6) is -0.0497. The van der Waals surface area contributed by atoms with Crippen LogP contribution in [0.5, 0.6) is 0 Å². The van der Waals surface area contributed by atoms with E-state index < -0.39 is 5.60 Å². The molecule has 2 aromatic rings. The molecule has 2 N–H and O–H groups in total. The molecule has 1 saturated heterocycles. The second kappa shape index (κ2) is 7.01. The number of benzene rings is 1. The number of aromatic nitrogens is 1. The van der Waals surface area contributed by atoms with E-state index in [2.05, 4.69) is 15.2 Å². The number of nitrogens with zero attached hydrogens (tertiary/aromatic N) is 2. The largest absolute Gasteiger partial charge is 0.385 e. The van der Waals surface area contributed by atoms with Crippen molar-refractivity contribution in [3.05, 3.63) is 47.0 Å². The number of carbonyl (C=O) groups is 1. The Morgan fingerprint density at radius 1 is 1.38 bits per heavy atom. The van der Waals surface area contributed by atoms with Gasteiger partial charge in [-0.25, -0.2) is 4.98 Å². The molecule has 1 aromatic carbocycles. The number of aliphatic hydroxyl groups is 1. The third-order valence-corrected chi connectivity index (χ3v) is 5.55. The highest BCUT2D eigenvalue weighted by Gasteiger charge is 2.37. The number of piperidine rings is 1. The third kappa shape index (κ3) is 3.50. The fourth-order valence-electron chi connectivity index (χ4n) is 3.31. The highest BCUT2D eigenvalue weighted by atomic mass is 32.1. The van der Waals surface area contributed by atoms with Crippen LogP contribution in [0, 0.1) is 6.92 Å². The lowest BCUT2D eigenvalue weighted by atomic mass is 9.82. The molecule has 0 spiro atoms. The molecule has 0 aliphatic carbocycles. The number of carbonyl (C=O) groups excluding carboxylic acids is 1. The summed E-state index contributed by atoms with van der Waals surface area (Å²) in [6.07, 6.45) is 2.94. The Kier molecular flexibility index (Phi) is 4.99. The van der Waals surface area contributed by atoms with Crippen molar-refractivity contribution in [1.29, 1.82) is 0 Å². The molecule has 2 heterocycles. The van der Waals surface area contributed by atoms with Crippen molar-refractivity contribution in [2.75, 3.05) is 18.4 Å². The molecule has 128 valence electrons. The highest BCUT2D eigenvalue weighted by Crippen LogP contribution is 2.35. The van der Waals surface area contributed by atoms with Crippen LogP contribution in [0.4, 0.5) is 5.13 Å². The minimum Gasteiger partial charge on any atom is -0.385 e. The lowest BCUT2D eigenvalue weighted by Gasteiger charge is -2.41. The van der Waals surface area contributed by atoms with Crippen LogP contribution >= 0.6 is 11.3 Å². The van der Waals surface area contributed by atoms with Gasteiger partial charge < -0.3 is 10.4 Å². The van der Waals surface area contributed by atoms with E-state index in [4.69, 9.17) is 0 Å². The zero-order valence-electron chi connectivity index (χ0n) is 14.0. The number of likely N-dealkylation sites (tertiary alicyclic amines) is 1. The average molecular weight is 345 g/mol. The van der Waals surface area contributed by atoms with Gasteiger partial charge in [0, 0.05) is 24.7 Å². The molecule has 1 aromatic heterocycles. The third-order valence-electron chi connectivity index (χ3n) is 4.86.